The molecule has 8 heteroatoms. The van der Waals surface area contributed by atoms with Crippen molar-refractivity contribution in [3.63, 3.8) is 0 Å². The Kier molecular flexibility index (Phi) is 5.21. The van der Waals surface area contributed by atoms with Gasteiger partial charge in [0.2, 0.25) is 0 Å². The maximum absolute atomic E-state index is 13.6. The lowest BCUT2D eigenvalue weighted by Crippen LogP contribution is -2.23. The number of nitrogens with zero attached hydrogens (tertiary/aromatic N) is 2. The molecular weight excluding hydrogens is 344 g/mol. The van der Waals surface area contributed by atoms with Crippen molar-refractivity contribution in [2.24, 2.45) is 0 Å². The van der Waals surface area contributed by atoms with E-state index in [1.165, 1.54) is 18.2 Å². The van der Waals surface area contributed by atoms with Crippen LogP contribution >= 0.6 is 0 Å². The van der Waals surface area contributed by atoms with E-state index >= 15 is 0 Å². The molecule has 2 heterocycles. The van der Waals surface area contributed by atoms with E-state index in [0.717, 1.165) is 11.8 Å². The third-order valence-electron chi connectivity index (χ3n) is 3.53. The fraction of sp³-hybridized carbons (Fsp3) is 0.167. The second-order valence-corrected chi connectivity index (χ2v) is 5.50. The summed E-state index contributed by atoms with van der Waals surface area (Å²) in [5, 5.41) is 6.10. The van der Waals surface area contributed by atoms with E-state index in [-0.39, 0.29) is 24.4 Å². The van der Waals surface area contributed by atoms with Gasteiger partial charge in [0.25, 0.3) is 5.91 Å². The number of hydrogen-bond acceptors (Lipinski definition) is 5. The van der Waals surface area contributed by atoms with Crippen LogP contribution in [-0.4, -0.2) is 16.0 Å². The first kappa shape index (κ1) is 17.5. The highest BCUT2D eigenvalue weighted by Gasteiger charge is 2.14. The molecule has 2 aromatic heterocycles. The summed E-state index contributed by atoms with van der Waals surface area (Å²) in [4.78, 5) is 16.1. The minimum absolute atomic E-state index is 0.0162. The summed E-state index contributed by atoms with van der Waals surface area (Å²) in [5.74, 6) is -1.63. The number of aryl methyl sites for hydroxylation is 1. The largest absolute Gasteiger partial charge is 0.484 e. The quantitative estimate of drug-likeness (QED) is 0.731. The van der Waals surface area contributed by atoms with Gasteiger partial charge in [0.15, 0.2) is 23.1 Å². The molecule has 0 saturated carbocycles. The van der Waals surface area contributed by atoms with Gasteiger partial charge in [-0.05, 0) is 25.1 Å². The average molecular weight is 359 g/mol. The van der Waals surface area contributed by atoms with Gasteiger partial charge in [0.1, 0.15) is 12.4 Å². The van der Waals surface area contributed by atoms with E-state index in [0.29, 0.717) is 11.5 Å². The number of halogens is 2. The van der Waals surface area contributed by atoms with Gasteiger partial charge in [-0.15, -0.1) is 0 Å². The molecule has 1 amide bonds. The number of rotatable bonds is 6. The molecule has 0 radical (unpaired) electrons. The van der Waals surface area contributed by atoms with Gasteiger partial charge in [-0.2, -0.15) is 0 Å². The Balaban J connectivity index is 1.55. The van der Waals surface area contributed by atoms with Gasteiger partial charge in [-0.1, -0.05) is 17.3 Å². The SMILES string of the molecule is Cc1ccc(OCc2cc(C(=O)NCc3cccc(F)c3F)no2)cn1. The highest BCUT2D eigenvalue weighted by Crippen LogP contribution is 2.13. The van der Waals surface area contributed by atoms with Crippen LogP contribution in [0, 0.1) is 18.6 Å². The van der Waals surface area contributed by atoms with E-state index in [1.54, 1.807) is 18.3 Å². The minimum Gasteiger partial charge on any atom is -0.484 e. The molecule has 0 aliphatic heterocycles. The molecule has 134 valence electrons. The molecule has 1 aromatic carbocycles. The summed E-state index contributed by atoms with van der Waals surface area (Å²) < 4.78 is 37.2. The van der Waals surface area contributed by atoms with E-state index in [9.17, 15) is 13.6 Å². The smallest absolute Gasteiger partial charge is 0.273 e. The Morgan fingerprint density at radius 2 is 2.12 bits per heavy atom. The monoisotopic (exact) mass is 359 g/mol. The molecule has 0 bridgehead atoms. The number of carbonyl (C=O) groups excluding carboxylic acids is 1. The van der Waals surface area contributed by atoms with Gasteiger partial charge in [0.05, 0.1) is 6.20 Å². The molecule has 0 spiro atoms. The lowest BCUT2D eigenvalue weighted by molar-refractivity contribution is 0.0941. The Labute approximate surface area is 147 Å². The van der Waals surface area contributed by atoms with Crippen LogP contribution in [0.2, 0.25) is 0 Å². The lowest BCUT2D eigenvalue weighted by atomic mass is 10.2. The van der Waals surface area contributed by atoms with Crippen molar-refractivity contribution in [3.8, 4) is 5.75 Å². The number of nitrogens with one attached hydrogen (secondary N) is 1. The first-order valence-corrected chi connectivity index (χ1v) is 7.75. The van der Waals surface area contributed by atoms with Crippen molar-refractivity contribution in [2.45, 2.75) is 20.1 Å². The summed E-state index contributed by atoms with van der Waals surface area (Å²) >= 11 is 0. The zero-order chi connectivity index (χ0) is 18.5. The minimum atomic E-state index is -0.992. The summed E-state index contributed by atoms with van der Waals surface area (Å²) in [7, 11) is 0. The van der Waals surface area contributed by atoms with Gasteiger partial charge in [0, 0.05) is 23.9 Å². The third-order valence-corrected chi connectivity index (χ3v) is 3.53. The molecule has 3 rings (SSSR count). The summed E-state index contributed by atoms with van der Waals surface area (Å²) in [6.45, 7) is 1.76. The molecule has 0 unspecified atom stereocenters. The summed E-state index contributed by atoms with van der Waals surface area (Å²) in [6, 6.07) is 8.74. The van der Waals surface area contributed by atoms with Gasteiger partial charge >= 0.3 is 0 Å². The fourth-order valence-corrected chi connectivity index (χ4v) is 2.13. The van der Waals surface area contributed by atoms with Crippen LogP contribution in [-0.2, 0) is 13.2 Å². The molecular formula is C18H15F2N3O3. The molecule has 0 aliphatic rings. The van der Waals surface area contributed by atoms with Gasteiger partial charge in [-0.25, -0.2) is 8.78 Å². The van der Waals surface area contributed by atoms with Crippen LogP contribution in [0.25, 0.3) is 0 Å². The van der Waals surface area contributed by atoms with Crippen LogP contribution in [0.15, 0.2) is 47.1 Å². The first-order valence-electron chi connectivity index (χ1n) is 7.75. The number of carbonyl (C=O) groups is 1. The molecule has 0 aliphatic carbocycles. The Bertz CT molecular complexity index is 910. The van der Waals surface area contributed by atoms with E-state index < -0.39 is 17.5 Å². The first-order chi connectivity index (χ1) is 12.5. The van der Waals surface area contributed by atoms with E-state index in [1.807, 2.05) is 6.92 Å². The van der Waals surface area contributed by atoms with Crippen molar-refractivity contribution in [1.29, 1.82) is 0 Å². The van der Waals surface area contributed by atoms with Crippen LogP contribution in [0.1, 0.15) is 27.5 Å². The molecule has 0 saturated heterocycles. The second-order valence-electron chi connectivity index (χ2n) is 5.50. The highest BCUT2D eigenvalue weighted by molar-refractivity contribution is 5.92. The average Bonchev–Trinajstić information content (AvgIpc) is 3.11. The maximum Gasteiger partial charge on any atom is 0.273 e. The van der Waals surface area contributed by atoms with Crippen molar-refractivity contribution in [1.82, 2.24) is 15.5 Å². The van der Waals surface area contributed by atoms with Crippen LogP contribution in [0.3, 0.4) is 0 Å². The van der Waals surface area contributed by atoms with E-state index in [4.69, 9.17) is 9.26 Å². The number of pyridine rings is 1. The zero-order valence-corrected chi connectivity index (χ0v) is 13.8. The summed E-state index contributed by atoms with van der Waals surface area (Å²) in [6.07, 6.45) is 1.58. The molecule has 6 nitrogen and oxygen atoms in total. The van der Waals surface area contributed by atoms with Crippen LogP contribution in [0.4, 0.5) is 8.78 Å². The second kappa shape index (κ2) is 7.73. The van der Waals surface area contributed by atoms with Crippen LogP contribution in [0.5, 0.6) is 5.75 Å². The zero-order valence-electron chi connectivity index (χ0n) is 13.8. The lowest BCUT2D eigenvalue weighted by Gasteiger charge is -2.04. The predicted molar refractivity (Wildman–Crippen MR) is 87.3 cm³/mol. The van der Waals surface area contributed by atoms with E-state index in [2.05, 4.69) is 15.5 Å². The fourth-order valence-electron chi connectivity index (χ4n) is 2.13. The number of ether oxygens (including phenoxy) is 1. The Morgan fingerprint density at radius 1 is 1.27 bits per heavy atom. The maximum atomic E-state index is 13.6. The Hall–Kier alpha value is -3.29. The predicted octanol–water partition coefficient (Wildman–Crippen LogP) is 3.17. The highest BCUT2D eigenvalue weighted by atomic mass is 19.2. The van der Waals surface area contributed by atoms with Crippen LogP contribution < -0.4 is 10.1 Å². The van der Waals surface area contributed by atoms with Crippen molar-refractivity contribution < 1.29 is 22.8 Å². The number of aromatic nitrogens is 2. The standard InChI is InChI=1S/C18H15F2N3O3/c1-11-5-6-13(9-21-11)25-10-14-7-16(23-26-14)18(24)22-8-12-3-2-4-15(19)17(12)20/h2-7,9H,8,10H2,1H3,(H,22,24). The molecule has 1 N–H and O–H groups in total. The molecule has 3 aromatic rings. The van der Waals surface area contributed by atoms with Crippen molar-refractivity contribution in [2.75, 3.05) is 0 Å². The number of benzene rings is 1. The van der Waals surface area contributed by atoms with Gasteiger partial charge < -0.3 is 14.6 Å². The molecule has 0 fully saturated rings. The molecule has 0 atom stereocenters. The number of amides is 1. The number of hydrogen-bond donors (Lipinski definition) is 1. The Morgan fingerprint density at radius 3 is 2.88 bits per heavy atom. The normalized spacial score (nSPS) is 10.6. The topological polar surface area (TPSA) is 77.2 Å². The summed E-state index contributed by atoms with van der Waals surface area (Å²) in [5.41, 5.74) is 0.922. The third kappa shape index (κ3) is 4.21. The van der Waals surface area contributed by atoms with Crippen molar-refractivity contribution in [3.05, 3.63) is 76.9 Å². The van der Waals surface area contributed by atoms with Gasteiger partial charge in [-0.3, -0.25) is 9.78 Å². The van der Waals surface area contributed by atoms with Crippen molar-refractivity contribution >= 4 is 5.91 Å². The molecule has 26 heavy (non-hydrogen) atoms.